The van der Waals surface area contributed by atoms with Gasteiger partial charge < -0.3 is 4.90 Å². The summed E-state index contributed by atoms with van der Waals surface area (Å²) in [6, 6.07) is 16.6. The number of carbonyl (C=O) groups excluding carboxylic acids is 1. The van der Waals surface area contributed by atoms with E-state index in [1.807, 2.05) is 30.1 Å². The molecule has 0 saturated heterocycles. The third-order valence-electron chi connectivity index (χ3n) is 4.25. The van der Waals surface area contributed by atoms with E-state index < -0.39 is 0 Å². The number of carbonyl (C=O) groups is 1. The third kappa shape index (κ3) is 4.21. The van der Waals surface area contributed by atoms with Gasteiger partial charge in [0, 0.05) is 24.1 Å². The quantitative estimate of drug-likeness (QED) is 0.820. The van der Waals surface area contributed by atoms with Gasteiger partial charge >= 0.3 is 0 Å². The molecule has 3 nitrogen and oxygen atoms in total. The Hall–Kier alpha value is -1.65. The first-order valence-corrected chi connectivity index (χ1v) is 8.68. The van der Waals surface area contributed by atoms with Crippen LogP contribution < -0.4 is 0 Å². The molecule has 4 heteroatoms. The Morgan fingerprint density at radius 1 is 1.13 bits per heavy atom. The van der Waals surface area contributed by atoms with Crippen LogP contribution >= 0.6 is 15.9 Å². The molecular weight excluding hydrogens is 352 g/mol. The van der Waals surface area contributed by atoms with Crippen LogP contribution in [-0.2, 0) is 24.3 Å². The van der Waals surface area contributed by atoms with Gasteiger partial charge in [0.15, 0.2) is 0 Å². The lowest BCUT2D eigenvalue weighted by Crippen LogP contribution is -2.41. The number of amides is 1. The largest absolute Gasteiger partial charge is 0.337 e. The molecule has 1 aliphatic heterocycles. The molecule has 0 radical (unpaired) electrons. The first-order valence-electron chi connectivity index (χ1n) is 7.89. The molecule has 1 amide bonds. The molecule has 0 aromatic heterocycles. The van der Waals surface area contributed by atoms with Gasteiger partial charge in [-0.15, -0.1) is 0 Å². The predicted molar refractivity (Wildman–Crippen MR) is 96.0 cm³/mol. The fraction of sp³-hybridized carbons (Fsp3) is 0.316. The molecular formula is C19H21BrN2O. The number of rotatable bonds is 4. The lowest BCUT2D eigenvalue weighted by Gasteiger charge is -2.30. The minimum atomic E-state index is 0.208. The molecule has 0 N–H and O–H groups in total. The maximum absolute atomic E-state index is 12.5. The monoisotopic (exact) mass is 372 g/mol. The van der Waals surface area contributed by atoms with E-state index in [0.717, 1.165) is 30.5 Å². The Kier molecular flexibility index (Phi) is 5.13. The zero-order valence-corrected chi connectivity index (χ0v) is 14.9. The van der Waals surface area contributed by atoms with E-state index in [9.17, 15) is 4.79 Å². The number of likely N-dealkylation sites (N-methyl/N-ethyl adjacent to an activating group) is 1. The molecule has 1 heterocycles. The fourth-order valence-corrected chi connectivity index (χ4v) is 3.26. The number of halogens is 1. The highest BCUT2D eigenvalue weighted by molar-refractivity contribution is 9.10. The van der Waals surface area contributed by atoms with Gasteiger partial charge in [0.2, 0.25) is 5.91 Å². The zero-order chi connectivity index (χ0) is 16.2. The molecule has 23 heavy (non-hydrogen) atoms. The Labute approximate surface area is 146 Å². The summed E-state index contributed by atoms with van der Waals surface area (Å²) in [5.41, 5.74) is 3.87. The van der Waals surface area contributed by atoms with Crippen LogP contribution in [0.4, 0.5) is 0 Å². The summed E-state index contributed by atoms with van der Waals surface area (Å²) in [6.45, 7) is 2.80. The molecule has 0 spiro atoms. The van der Waals surface area contributed by atoms with E-state index in [0.29, 0.717) is 6.54 Å². The van der Waals surface area contributed by atoms with Crippen molar-refractivity contribution in [2.24, 2.45) is 0 Å². The van der Waals surface area contributed by atoms with Crippen LogP contribution in [0.3, 0.4) is 0 Å². The SMILES string of the molecule is CN(CC(=O)N1CCc2ccccc2C1)Cc1ccc(Br)cc1. The number of nitrogens with zero attached hydrogens (tertiary/aromatic N) is 2. The second-order valence-corrected chi connectivity index (χ2v) is 7.05. The van der Waals surface area contributed by atoms with Crippen LogP contribution in [0, 0.1) is 0 Å². The molecule has 120 valence electrons. The van der Waals surface area contributed by atoms with E-state index in [1.165, 1.54) is 16.7 Å². The van der Waals surface area contributed by atoms with Crippen molar-refractivity contribution in [3.63, 3.8) is 0 Å². The number of benzene rings is 2. The highest BCUT2D eigenvalue weighted by atomic mass is 79.9. The molecule has 1 aliphatic rings. The van der Waals surface area contributed by atoms with E-state index in [2.05, 4.69) is 51.2 Å². The lowest BCUT2D eigenvalue weighted by atomic mass is 10.00. The van der Waals surface area contributed by atoms with E-state index >= 15 is 0 Å². The second-order valence-electron chi connectivity index (χ2n) is 6.13. The van der Waals surface area contributed by atoms with E-state index in [4.69, 9.17) is 0 Å². The first kappa shape index (κ1) is 16.2. The van der Waals surface area contributed by atoms with Gasteiger partial charge in [-0.1, -0.05) is 52.3 Å². The van der Waals surface area contributed by atoms with Crippen LogP contribution in [0.1, 0.15) is 16.7 Å². The van der Waals surface area contributed by atoms with Crippen LogP contribution in [-0.4, -0.2) is 35.8 Å². The molecule has 2 aromatic rings. The predicted octanol–water partition coefficient (Wildman–Crippen LogP) is 3.47. The molecule has 0 unspecified atom stereocenters. The van der Waals surface area contributed by atoms with Crippen molar-refractivity contribution >= 4 is 21.8 Å². The van der Waals surface area contributed by atoms with Crippen molar-refractivity contribution in [1.82, 2.24) is 9.80 Å². The molecule has 3 rings (SSSR count). The maximum Gasteiger partial charge on any atom is 0.237 e. The summed E-state index contributed by atoms with van der Waals surface area (Å²) >= 11 is 3.44. The third-order valence-corrected chi connectivity index (χ3v) is 4.78. The Morgan fingerprint density at radius 3 is 2.57 bits per heavy atom. The summed E-state index contributed by atoms with van der Waals surface area (Å²) in [6.07, 6.45) is 0.957. The fourth-order valence-electron chi connectivity index (χ4n) is 3.00. The average Bonchev–Trinajstić information content (AvgIpc) is 2.56. The standard InChI is InChI=1S/C19H21BrN2O/c1-21(12-15-6-8-18(20)9-7-15)14-19(23)22-11-10-16-4-2-3-5-17(16)13-22/h2-9H,10-14H2,1H3. The lowest BCUT2D eigenvalue weighted by molar-refractivity contribution is -0.133. The first-order chi connectivity index (χ1) is 11.1. The number of fused-ring (bicyclic) bond motifs is 1. The Balaban J connectivity index is 1.56. The molecule has 2 aromatic carbocycles. The van der Waals surface area contributed by atoms with Crippen molar-refractivity contribution in [2.45, 2.75) is 19.5 Å². The highest BCUT2D eigenvalue weighted by Gasteiger charge is 2.21. The van der Waals surface area contributed by atoms with Crippen molar-refractivity contribution in [1.29, 1.82) is 0 Å². The topological polar surface area (TPSA) is 23.6 Å². The minimum Gasteiger partial charge on any atom is -0.337 e. The van der Waals surface area contributed by atoms with E-state index in [-0.39, 0.29) is 5.91 Å². The Morgan fingerprint density at radius 2 is 1.83 bits per heavy atom. The van der Waals surface area contributed by atoms with E-state index in [1.54, 1.807) is 0 Å². The molecule has 0 aliphatic carbocycles. The van der Waals surface area contributed by atoms with Crippen molar-refractivity contribution in [3.8, 4) is 0 Å². The van der Waals surface area contributed by atoms with Crippen LogP contribution in [0.25, 0.3) is 0 Å². The normalized spacial score (nSPS) is 14.0. The molecule has 0 fully saturated rings. The number of hydrogen-bond acceptors (Lipinski definition) is 2. The molecule has 0 bridgehead atoms. The summed E-state index contributed by atoms with van der Waals surface area (Å²) in [7, 11) is 2.00. The van der Waals surface area contributed by atoms with Gasteiger partial charge in [-0.3, -0.25) is 9.69 Å². The summed E-state index contributed by atoms with van der Waals surface area (Å²) in [4.78, 5) is 16.6. The zero-order valence-electron chi connectivity index (χ0n) is 13.3. The van der Waals surface area contributed by atoms with Gasteiger partial charge in [0.1, 0.15) is 0 Å². The van der Waals surface area contributed by atoms with Crippen LogP contribution in [0.5, 0.6) is 0 Å². The second kappa shape index (κ2) is 7.28. The molecule has 0 atom stereocenters. The van der Waals surface area contributed by atoms with Gasteiger partial charge in [-0.2, -0.15) is 0 Å². The van der Waals surface area contributed by atoms with Crippen LogP contribution in [0.15, 0.2) is 53.0 Å². The molecule has 0 saturated carbocycles. The van der Waals surface area contributed by atoms with Crippen molar-refractivity contribution in [2.75, 3.05) is 20.1 Å². The average molecular weight is 373 g/mol. The summed E-state index contributed by atoms with van der Waals surface area (Å²) in [5.74, 6) is 0.208. The highest BCUT2D eigenvalue weighted by Crippen LogP contribution is 2.18. The van der Waals surface area contributed by atoms with Crippen molar-refractivity contribution < 1.29 is 4.79 Å². The van der Waals surface area contributed by atoms with Crippen LogP contribution in [0.2, 0.25) is 0 Å². The minimum absolute atomic E-state index is 0.208. The number of hydrogen-bond donors (Lipinski definition) is 0. The maximum atomic E-state index is 12.5. The Bertz CT molecular complexity index is 684. The van der Waals surface area contributed by atoms with Gasteiger partial charge in [-0.05, 0) is 42.3 Å². The van der Waals surface area contributed by atoms with Crippen molar-refractivity contribution in [3.05, 3.63) is 69.7 Å². The summed E-state index contributed by atoms with van der Waals surface area (Å²) in [5, 5.41) is 0. The smallest absolute Gasteiger partial charge is 0.237 e. The summed E-state index contributed by atoms with van der Waals surface area (Å²) < 4.78 is 1.08. The van der Waals surface area contributed by atoms with Gasteiger partial charge in [0.05, 0.1) is 6.54 Å². The van der Waals surface area contributed by atoms with Gasteiger partial charge in [0.25, 0.3) is 0 Å². The van der Waals surface area contributed by atoms with Gasteiger partial charge in [-0.25, -0.2) is 0 Å².